The maximum absolute atomic E-state index is 14.6. The maximum atomic E-state index is 14.6. The van der Waals surface area contributed by atoms with Crippen LogP contribution in [0.25, 0.3) is 0 Å². The van der Waals surface area contributed by atoms with Crippen LogP contribution in [-0.2, 0) is 0 Å². The second kappa shape index (κ2) is 6.41. The summed E-state index contributed by atoms with van der Waals surface area (Å²) in [5, 5.41) is 22.0. The molecule has 158 valence electrons. The summed E-state index contributed by atoms with van der Waals surface area (Å²) < 4.78 is 20.6. The lowest BCUT2D eigenvalue weighted by Crippen LogP contribution is -2.66. The summed E-state index contributed by atoms with van der Waals surface area (Å²) in [4.78, 5) is 2.31. The molecule has 1 aromatic rings. The van der Waals surface area contributed by atoms with Crippen molar-refractivity contribution < 1.29 is 19.3 Å². The SMILES string of the molecule is CC(CC(O)N1C2CC3CC1CC(O)(C3)C2)C1COc2ccc(F)c(C3CC3)c21. The van der Waals surface area contributed by atoms with Gasteiger partial charge in [-0.2, -0.15) is 0 Å². The van der Waals surface area contributed by atoms with Gasteiger partial charge in [-0.15, -0.1) is 0 Å². The fourth-order valence-electron chi connectivity index (χ4n) is 7.32. The first-order chi connectivity index (χ1) is 13.9. The van der Waals surface area contributed by atoms with Crippen LogP contribution < -0.4 is 4.74 Å². The van der Waals surface area contributed by atoms with Crippen molar-refractivity contribution in [1.29, 1.82) is 0 Å². The zero-order valence-electron chi connectivity index (χ0n) is 17.2. The standard InChI is InChI=1S/C24H32FNO3/c1-13(18-12-29-20-5-4-19(25)22(23(18)20)15-2-3-15)6-21(27)26-16-7-14-8-17(26)11-24(28,9-14)10-16/h4-5,13-18,21,27-28H,2-3,6-12H2,1H3. The van der Waals surface area contributed by atoms with Crippen LogP contribution in [0.5, 0.6) is 5.75 Å². The van der Waals surface area contributed by atoms with E-state index in [0.29, 0.717) is 36.9 Å². The number of hydrogen-bond acceptors (Lipinski definition) is 4. The Balaban J connectivity index is 1.21. The highest BCUT2D eigenvalue weighted by Gasteiger charge is 2.55. The summed E-state index contributed by atoms with van der Waals surface area (Å²) in [5.41, 5.74) is 1.46. The van der Waals surface area contributed by atoms with Crippen molar-refractivity contribution in [3.63, 3.8) is 0 Å². The topological polar surface area (TPSA) is 52.9 Å². The minimum Gasteiger partial charge on any atom is -0.493 e. The highest BCUT2D eigenvalue weighted by Crippen LogP contribution is 2.53. The van der Waals surface area contributed by atoms with Crippen molar-refractivity contribution in [3.8, 4) is 5.75 Å². The first-order valence-electron chi connectivity index (χ1n) is 11.5. The van der Waals surface area contributed by atoms with Gasteiger partial charge in [0.1, 0.15) is 17.8 Å². The van der Waals surface area contributed by atoms with Gasteiger partial charge in [0.2, 0.25) is 0 Å². The van der Waals surface area contributed by atoms with E-state index in [4.69, 9.17) is 4.74 Å². The molecule has 3 aliphatic carbocycles. The average molecular weight is 402 g/mol. The van der Waals surface area contributed by atoms with Crippen molar-refractivity contribution in [3.05, 3.63) is 29.1 Å². The molecule has 1 aromatic carbocycles. The predicted octanol–water partition coefficient (Wildman–Crippen LogP) is 3.90. The Morgan fingerprint density at radius 3 is 2.55 bits per heavy atom. The zero-order valence-corrected chi connectivity index (χ0v) is 17.2. The lowest BCUT2D eigenvalue weighted by atomic mass is 9.61. The summed E-state index contributed by atoms with van der Waals surface area (Å²) in [6.45, 7) is 2.76. The molecule has 5 unspecified atom stereocenters. The van der Waals surface area contributed by atoms with E-state index in [2.05, 4.69) is 11.8 Å². The average Bonchev–Trinajstić information content (AvgIpc) is 3.37. The minimum atomic E-state index is -0.495. The molecule has 4 bridgehead atoms. The second-order valence-corrected chi connectivity index (χ2v) is 10.7. The molecule has 5 fully saturated rings. The van der Waals surface area contributed by atoms with Crippen molar-refractivity contribution in [2.75, 3.05) is 6.61 Å². The predicted molar refractivity (Wildman–Crippen MR) is 107 cm³/mol. The highest BCUT2D eigenvalue weighted by molar-refractivity contribution is 5.49. The van der Waals surface area contributed by atoms with E-state index in [1.165, 1.54) is 0 Å². The molecule has 7 rings (SSSR count). The molecule has 3 saturated carbocycles. The molecule has 3 heterocycles. The molecule has 2 N–H and O–H groups in total. The number of aliphatic hydroxyl groups excluding tert-OH is 1. The number of benzene rings is 1. The van der Waals surface area contributed by atoms with Crippen LogP contribution in [0.4, 0.5) is 4.39 Å². The third-order valence-electron chi connectivity index (χ3n) is 8.54. The zero-order chi connectivity index (χ0) is 19.9. The first-order valence-corrected chi connectivity index (χ1v) is 11.5. The minimum absolute atomic E-state index is 0.0902. The molecular formula is C24H32FNO3. The van der Waals surface area contributed by atoms with E-state index in [1.807, 2.05) is 0 Å². The fourth-order valence-corrected chi connectivity index (χ4v) is 7.32. The third kappa shape index (κ3) is 2.95. The number of ether oxygens (including phenoxy) is 1. The van der Waals surface area contributed by atoms with E-state index >= 15 is 0 Å². The quantitative estimate of drug-likeness (QED) is 0.786. The molecule has 3 aliphatic heterocycles. The maximum Gasteiger partial charge on any atom is 0.127 e. The van der Waals surface area contributed by atoms with Crippen LogP contribution in [0.15, 0.2) is 12.1 Å². The molecule has 0 amide bonds. The summed E-state index contributed by atoms with van der Waals surface area (Å²) in [5.74, 6) is 2.08. The summed E-state index contributed by atoms with van der Waals surface area (Å²) in [6.07, 6.45) is 7.08. The number of piperidine rings is 2. The normalized spacial score (nSPS) is 40.0. The first kappa shape index (κ1) is 18.6. The van der Waals surface area contributed by atoms with Gasteiger partial charge in [0.05, 0.1) is 12.2 Å². The third-order valence-corrected chi connectivity index (χ3v) is 8.54. The van der Waals surface area contributed by atoms with E-state index in [9.17, 15) is 14.6 Å². The number of rotatable bonds is 5. The van der Waals surface area contributed by atoms with Gasteiger partial charge in [0.15, 0.2) is 0 Å². The van der Waals surface area contributed by atoms with Crippen molar-refractivity contribution in [2.24, 2.45) is 11.8 Å². The van der Waals surface area contributed by atoms with E-state index < -0.39 is 11.8 Å². The summed E-state index contributed by atoms with van der Waals surface area (Å²) >= 11 is 0. The van der Waals surface area contributed by atoms with Gasteiger partial charge in [-0.25, -0.2) is 4.39 Å². The van der Waals surface area contributed by atoms with Crippen LogP contribution in [0.3, 0.4) is 0 Å². The Morgan fingerprint density at radius 2 is 1.90 bits per heavy atom. The van der Waals surface area contributed by atoms with Gasteiger partial charge in [-0.1, -0.05) is 6.92 Å². The van der Waals surface area contributed by atoms with Gasteiger partial charge < -0.3 is 14.9 Å². The van der Waals surface area contributed by atoms with Crippen molar-refractivity contribution in [2.45, 2.75) is 94.0 Å². The Kier molecular flexibility index (Phi) is 4.11. The van der Waals surface area contributed by atoms with Gasteiger partial charge in [0, 0.05) is 23.6 Å². The highest BCUT2D eigenvalue weighted by atomic mass is 19.1. The smallest absolute Gasteiger partial charge is 0.127 e. The summed E-state index contributed by atoms with van der Waals surface area (Å²) in [7, 11) is 0. The lowest BCUT2D eigenvalue weighted by molar-refractivity contribution is -0.200. The Hall–Kier alpha value is -1.17. The van der Waals surface area contributed by atoms with E-state index in [1.54, 1.807) is 12.1 Å². The largest absolute Gasteiger partial charge is 0.493 e. The Morgan fingerprint density at radius 1 is 1.17 bits per heavy atom. The Bertz CT molecular complexity index is 809. The number of nitrogens with zero attached hydrogens (tertiary/aromatic N) is 1. The summed E-state index contributed by atoms with van der Waals surface area (Å²) in [6, 6.07) is 3.95. The van der Waals surface area contributed by atoms with Gasteiger partial charge in [-0.05, 0) is 86.8 Å². The van der Waals surface area contributed by atoms with Crippen LogP contribution in [0.1, 0.15) is 81.3 Å². The van der Waals surface area contributed by atoms with Crippen molar-refractivity contribution in [1.82, 2.24) is 4.90 Å². The van der Waals surface area contributed by atoms with Crippen LogP contribution in [0.2, 0.25) is 0 Å². The Labute approximate surface area is 172 Å². The number of fused-ring (bicyclic) bond motifs is 1. The fraction of sp³-hybridized carbons (Fsp3) is 0.750. The van der Waals surface area contributed by atoms with Gasteiger partial charge in [0.25, 0.3) is 0 Å². The molecule has 5 atom stereocenters. The molecule has 6 aliphatic rings. The van der Waals surface area contributed by atoms with Crippen molar-refractivity contribution >= 4 is 0 Å². The number of halogens is 1. The van der Waals surface area contributed by atoms with Crippen LogP contribution in [0, 0.1) is 17.7 Å². The monoisotopic (exact) mass is 401 g/mol. The second-order valence-electron chi connectivity index (χ2n) is 10.7. The molecule has 5 heteroatoms. The number of aliphatic hydroxyl groups is 2. The van der Waals surface area contributed by atoms with E-state index in [-0.39, 0.29) is 17.7 Å². The molecule has 0 aromatic heterocycles. The molecular weight excluding hydrogens is 369 g/mol. The molecule has 4 nitrogen and oxygen atoms in total. The molecule has 2 saturated heterocycles. The molecule has 0 radical (unpaired) electrons. The van der Waals surface area contributed by atoms with Gasteiger partial charge >= 0.3 is 0 Å². The molecule has 29 heavy (non-hydrogen) atoms. The van der Waals surface area contributed by atoms with Crippen LogP contribution >= 0.6 is 0 Å². The molecule has 0 spiro atoms. The van der Waals surface area contributed by atoms with Crippen LogP contribution in [-0.4, -0.2) is 45.6 Å². The van der Waals surface area contributed by atoms with Gasteiger partial charge in [-0.3, -0.25) is 4.90 Å². The lowest BCUT2D eigenvalue weighted by Gasteiger charge is -2.61. The number of hydrogen-bond donors (Lipinski definition) is 2. The van der Waals surface area contributed by atoms with E-state index in [0.717, 1.165) is 61.8 Å².